The van der Waals surface area contributed by atoms with Crippen molar-refractivity contribution in [2.75, 3.05) is 23.8 Å². The summed E-state index contributed by atoms with van der Waals surface area (Å²) in [7, 11) is 1.82. The Morgan fingerprint density at radius 3 is 2.65 bits per heavy atom. The quantitative estimate of drug-likeness (QED) is 0.910. The third-order valence-electron chi connectivity index (χ3n) is 3.06. The van der Waals surface area contributed by atoms with Crippen LogP contribution in [-0.4, -0.2) is 23.6 Å². The standard InChI is InChI=1S/C15H19FN4/c1-4-20(13-8-6-5-7-12(13)16)10-15-18-11(2)9-14(17-3)19-15/h5-9H,4,10H2,1-3H3,(H,17,18,19). The van der Waals surface area contributed by atoms with Crippen LogP contribution < -0.4 is 10.2 Å². The third-order valence-corrected chi connectivity index (χ3v) is 3.06. The van der Waals surface area contributed by atoms with Crippen molar-refractivity contribution in [3.63, 3.8) is 0 Å². The first-order chi connectivity index (χ1) is 9.63. The molecule has 106 valence electrons. The number of benzene rings is 1. The first-order valence-corrected chi connectivity index (χ1v) is 6.65. The molecule has 2 aromatic rings. The predicted molar refractivity (Wildman–Crippen MR) is 79.4 cm³/mol. The van der Waals surface area contributed by atoms with Gasteiger partial charge in [0.2, 0.25) is 0 Å². The summed E-state index contributed by atoms with van der Waals surface area (Å²) in [5.41, 5.74) is 1.47. The van der Waals surface area contributed by atoms with Crippen molar-refractivity contribution in [3.05, 3.63) is 47.7 Å². The van der Waals surface area contributed by atoms with Gasteiger partial charge in [0.05, 0.1) is 12.2 Å². The highest BCUT2D eigenvalue weighted by atomic mass is 19.1. The number of para-hydroxylation sites is 1. The Kier molecular flexibility index (Phi) is 4.50. The Hall–Kier alpha value is -2.17. The van der Waals surface area contributed by atoms with Gasteiger partial charge in [-0.05, 0) is 26.0 Å². The summed E-state index contributed by atoms with van der Waals surface area (Å²) in [6, 6.07) is 8.64. The molecule has 0 aliphatic carbocycles. The van der Waals surface area contributed by atoms with Gasteiger partial charge >= 0.3 is 0 Å². The molecule has 0 saturated carbocycles. The second-order valence-electron chi connectivity index (χ2n) is 4.53. The lowest BCUT2D eigenvalue weighted by molar-refractivity contribution is 0.615. The van der Waals surface area contributed by atoms with Gasteiger partial charge in [0.1, 0.15) is 17.5 Å². The van der Waals surface area contributed by atoms with Gasteiger partial charge in [0.15, 0.2) is 0 Å². The Morgan fingerprint density at radius 1 is 1.25 bits per heavy atom. The van der Waals surface area contributed by atoms with Crippen LogP contribution in [0.3, 0.4) is 0 Å². The first kappa shape index (κ1) is 14.2. The molecule has 0 amide bonds. The van der Waals surface area contributed by atoms with Crippen molar-refractivity contribution in [1.82, 2.24) is 9.97 Å². The van der Waals surface area contributed by atoms with Gasteiger partial charge in [-0.25, -0.2) is 14.4 Å². The van der Waals surface area contributed by atoms with Gasteiger partial charge < -0.3 is 10.2 Å². The van der Waals surface area contributed by atoms with Crippen LogP contribution in [0.15, 0.2) is 30.3 Å². The average Bonchev–Trinajstić information content (AvgIpc) is 2.45. The molecule has 2 rings (SSSR count). The largest absolute Gasteiger partial charge is 0.373 e. The topological polar surface area (TPSA) is 41.1 Å². The van der Waals surface area contributed by atoms with Crippen molar-refractivity contribution in [3.8, 4) is 0 Å². The minimum atomic E-state index is -0.226. The van der Waals surface area contributed by atoms with E-state index in [1.54, 1.807) is 12.1 Å². The number of hydrogen-bond acceptors (Lipinski definition) is 4. The minimum Gasteiger partial charge on any atom is -0.373 e. The first-order valence-electron chi connectivity index (χ1n) is 6.65. The molecule has 0 saturated heterocycles. The minimum absolute atomic E-state index is 0.226. The lowest BCUT2D eigenvalue weighted by Gasteiger charge is -2.23. The van der Waals surface area contributed by atoms with Crippen LogP contribution in [-0.2, 0) is 6.54 Å². The van der Waals surface area contributed by atoms with Crippen LogP contribution >= 0.6 is 0 Å². The van der Waals surface area contributed by atoms with E-state index in [2.05, 4.69) is 15.3 Å². The van der Waals surface area contributed by atoms with Crippen LogP contribution in [0.25, 0.3) is 0 Å². The zero-order valence-corrected chi connectivity index (χ0v) is 12.0. The molecule has 0 radical (unpaired) electrons. The average molecular weight is 274 g/mol. The zero-order chi connectivity index (χ0) is 14.5. The highest BCUT2D eigenvalue weighted by molar-refractivity contribution is 5.47. The number of aromatic nitrogens is 2. The molecule has 0 aliphatic rings. The van der Waals surface area contributed by atoms with E-state index < -0.39 is 0 Å². The summed E-state index contributed by atoms with van der Waals surface area (Å²) in [5, 5.41) is 3.01. The number of hydrogen-bond donors (Lipinski definition) is 1. The number of nitrogens with one attached hydrogen (secondary N) is 1. The third kappa shape index (κ3) is 3.23. The summed E-state index contributed by atoms with van der Waals surface area (Å²) < 4.78 is 13.9. The van der Waals surface area contributed by atoms with E-state index in [9.17, 15) is 4.39 Å². The molecule has 5 heteroatoms. The molecule has 1 N–H and O–H groups in total. The molecule has 0 fully saturated rings. The van der Waals surface area contributed by atoms with Crippen LogP contribution in [0, 0.1) is 12.7 Å². The fourth-order valence-corrected chi connectivity index (χ4v) is 2.08. The van der Waals surface area contributed by atoms with E-state index in [1.807, 2.05) is 37.9 Å². The zero-order valence-electron chi connectivity index (χ0n) is 12.0. The summed E-state index contributed by atoms with van der Waals surface area (Å²) in [5.74, 6) is 1.23. The Labute approximate surface area is 118 Å². The number of nitrogens with zero attached hydrogens (tertiary/aromatic N) is 3. The van der Waals surface area contributed by atoms with Gasteiger partial charge in [-0.3, -0.25) is 0 Å². The van der Waals surface area contributed by atoms with Crippen molar-refractivity contribution in [2.45, 2.75) is 20.4 Å². The Bertz CT molecular complexity index is 586. The highest BCUT2D eigenvalue weighted by Crippen LogP contribution is 2.20. The monoisotopic (exact) mass is 274 g/mol. The smallest absolute Gasteiger partial charge is 0.150 e. The lowest BCUT2D eigenvalue weighted by Crippen LogP contribution is -2.24. The molecule has 1 aromatic carbocycles. The second-order valence-corrected chi connectivity index (χ2v) is 4.53. The van der Waals surface area contributed by atoms with E-state index in [4.69, 9.17) is 0 Å². The molecule has 0 bridgehead atoms. The molecular weight excluding hydrogens is 255 g/mol. The van der Waals surface area contributed by atoms with Gasteiger partial charge in [0, 0.05) is 25.4 Å². The molecule has 0 atom stereocenters. The van der Waals surface area contributed by atoms with Gasteiger partial charge in [-0.15, -0.1) is 0 Å². The maximum absolute atomic E-state index is 13.9. The molecule has 0 spiro atoms. The summed E-state index contributed by atoms with van der Waals surface area (Å²) in [6.07, 6.45) is 0. The van der Waals surface area contributed by atoms with E-state index in [0.29, 0.717) is 24.6 Å². The van der Waals surface area contributed by atoms with Crippen molar-refractivity contribution >= 4 is 11.5 Å². The SMILES string of the molecule is CCN(Cc1nc(C)cc(NC)n1)c1ccccc1F. The maximum atomic E-state index is 13.9. The molecular formula is C15H19FN4. The molecule has 4 nitrogen and oxygen atoms in total. The van der Waals surface area contributed by atoms with Gasteiger partial charge in [-0.1, -0.05) is 12.1 Å². The summed E-state index contributed by atoms with van der Waals surface area (Å²) in [4.78, 5) is 10.7. The predicted octanol–water partition coefficient (Wildman–Crippen LogP) is 2.99. The van der Waals surface area contributed by atoms with Crippen LogP contribution in [0.4, 0.5) is 15.9 Å². The van der Waals surface area contributed by atoms with Crippen LogP contribution in [0.2, 0.25) is 0 Å². The molecule has 0 unspecified atom stereocenters. The fourth-order valence-electron chi connectivity index (χ4n) is 2.08. The van der Waals surface area contributed by atoms with Crippen LogP contribution in [0.5, 0.6) is 0 Å². The maximum Gasteiger partial charge on any atom is 0.150 e. The van der Waals surface area contributed by atoms with Gasteiger partial charge in [-0.2, -0.15) is 0 Å². The number of rotatable bonds is 5. The van der Waals surface area contributed by atoms with E-state index in [-0.39, 0.29) is 5.82 Å². The molecule has 1 heterocycles. The molecule has 1 aromatic heterocycles. The van der Waals surface area contributed by atoms with Gasteiger partial charge in [0.25, 0.3) is 0 Å². The normalized spacial score (nSPS) is 10.4. The van der Waals surface area contributed by atoms with E-state index in [1.165, 1.54) is 6.07 Å². The van der Waals surface area contributed by atoms with E-state index in [0.717, 1.165) is 11.5 Å². The van der Waals surface area contributed by atoms with Crippen molar-refractivity contribution in [1.29, 1.82) is 0 Å². The van der Waals surface area contributed by atoms with Crippen molar-refractivity contribution in [2.24, 2.45) is 0 Å². The molecule has 20 heavy (non-hydrogen) atoms. The number of anilines is 2. The Balaban J connectivity index is 2.27. The number of aryl methyl sites for hydroxylation is 1. The summed E-state index contributed by atoms with van der Waals surface area (Å²) in [6.45, 7) is 5.08. The summed E-state index contributed by atoms with van der Waals surface area (Å²) >= 11 is 0. The van der Waals surface area contributed by atoms with Crippen molar-refractivity contribution < 1.29 is 4.39 Å². The molecule has 0 aliphatic heterocycles. The number of halogens is 1. The second kappa shape index (κ2) is 6.32. The lowest BCUT2D eigenvalue weighted by atomic mass is 10.2. The van der Waals surface area contributed by atoms with E-state index >= 15 is 0 Å². The highest BCUT2D eigenvalue weighted by Gasteiger charge is 2.12. The Morgan fingerprint density at radius 2 is 2.00 bits per heavy atom. The van der Waals surface area contributed by atoms with Crippen LogP contribution in [0.1, 0.15) is 18.4 Å². The fraction of sp³-hybridized carbons (Fsp3) is 0.333.